The van der Waals surface area contributed by atoms with Gasteiger partial charge >= 0.3 is 6.09 Å². The third kappa shape index (κ3) is 9.87. The molecular formula is C46H60N6O10S. The first-order valence-electron chi connectivity index (χ1n) is 21.9. The van der Waals surface area contributed by atoms with E-state index in [0.717, 1.165) is 6.42 Å². The molecule has 1 saturated heterocycles. The summed E-state index contributed by atoms with van der Waals surface area (Å²) in [6, 6.07) is 10.2. The van der Waals surface area contributed by atoms with Gasteiger partial charge in [0.2, 0.25) is 27.7 Å². The van der Waals surface area contributed by atoms with Crippen LogP contribution in [0.3, 0.4) is 0 Å². The molecular weight excluding hydrogens is 829 g/mol. The number of carboxylic acid groups (broad SMARTS) is 1. The molecule has 63 heavy (non-hydrogen) atoms. The van der Waals surface area contributed by atoms with Crippen LogP contribution < -0.4 is 24.2 Å². The quantitative estimate of drug-likeness (QED) is 0.198. The van der Waals surface area contributed by atoms with Crippen LogP contribution in [0.2, 0.25) is 0 Å². The summed E-state index contributed by atoms with van der Waals surface area (Å²) in [5.74, 6) is -1.18. The van der Waals surface area contributed by atoms with E-state index in [9.17, 15) is 27.9 Å². The van der Waals surface area contributed by atoms with Crippen LogP contribution in [0.1, 0.15) is 93.4 Å². The van der Waals surface area contributed by atoms with E-state index in [0.29, 0.717) is 59.5 Å². The Morgan fingerprint density at radius 1 is 1.02 bits per heavy atom. The van der Waals surface area contributed by atoms with Crippen LogP contribution >= 0.6 is 0 Å². The number of carbonyl (C=O) groups is 4. The van der Waals surface area contributed by atoms with Crippen LogP contribution in [-0.4, -0.2) is 111 Å². The van der Waals surface area contributed by atoms with Crippen LogP contribution in [0.15, 0.2) is 54.6 Å². The van der Waals surface area contributed by atoms with Crippen LogP contribution in [0.25, 0.3) is 22.3 Å². The van der Waals surface area contributed by atoms with Crippen molar-refractivity contribution in [3.8, 4) is 28.8 Å². The van der Waals surface area contributed by atoms with Gasteiger partial charge in [-0.15, -0.1) is 0 Å². The number of allylic oxidation sites excluding steroid dienone is 1. The normalized spacial score (nSPS) is 27.3. The van der Waals surface area contributed by atoms with Crippen LogP contribution in [0, 0.1) is 17.8 Å². The van der Waals surface area contributed by atoms with E-state index in [-0.39, 0.29) is 37.3 Å². The molecule has 1 aromatic heterocycles. The van der Waals surface area contributed by atoms with Crippen LogP contribution in [0.4, 0.5) is 4.79 Å². The Morgan fingerprint density at radius 2 is 1.71 bits per heavy atom. The molecule has 16 nitrogen and oxygen atoms in total. The van der Waals surface area contributed by atoms with E-state index in [2.05, 4.69) is 17.0 Å². The van der Waals surface area contributed by atoms with E-state index in [1.165, 1.54) is 9.80 Å². The molecule has 4 aliphatic rings. The highest BCUT2D eigenvalue weighted by molar-refractivity contribution is 7.91. The summed E-state index contributed by atoms with van der Waals surface area (Å²) in [6.07, 6.45) is 4.55. The Balaban J connectivity index is 1.29. The van der Waals surface area contributed by atoms with Crippen LogP contribution in [-0.2, 0) is 24.4 Å². The topological polar surface area (TPSA) is 207 Å². The molecule has 17 heteroatoms. The number of benzene rings is 2. The SMILES string of the molecule is COc1ccc2c(O[C@@H]3C[C@H]4C(=O)N[C@]5(C(=O)NS(=O)(=O)C6CC6)C[C@H]5/C=C\CC[C@H](C)C[C@@H](C)[C@H](N(C(=O)O)C(C)(C)C)C(=O)N4C3)nc(-c3ccc(OC(C)C)cc3)nc2c1. The summed E-state index contributed by atoms with van der Waals surface area (Å²) in [5.41, 5.74) is -1.38. The standard InChI is InChI=1S/C46H60N6O10S/c1-26(2)61-31-15-13-29(14-16-31)39-47-36-22-32(60-8)17-20-35(36)41(48-39)62-33-23-37-40(53)49-46(43(55)50-63(58,59)34-18-19-34)24-30(46)12-10-9-11-27(3)21-28(4)38(42(54)51(37)25-33)52(44(56)57)45(5,6)7/h10,12-17,20,22,26-28,30,33-34,37-38H,9,11,18-19,21,23-25H2,1-8H3,(H,49,53)(H,50,55)(H,56,57)/b12-10-/t27-,28+,30+,33+,37-,38-,46+/m0/s1. The van der Waals surface area contributed by atoms with Crippen molar-refractivity contribution in [2.75, 3.05) is 13.7 Å². The molecule has 0 spiro atoms. The summed E-state index contributed by atoms with van der Waals surface area (Å²) in [4.78, 5) is 69.4. The molecule has 2 saturated carbocycles. The second-order valence-corrected chi connectivity index (χ2v) is 20.9. The molecule has 0 radical (unpaired) electrons. The molecule has 340 valence electrons. The van der Waals surface area contributed by atoms with Crippen molar-refractivity contribution in [2.24, 2.45) is 17.8 Å². The number of hydrogen-bond donors (Lipinski definition) is 3. The number of ether oxygens (including phenoxy) is 3. The first-order chi connectivity index (χ1) is 29.7. The lowest BCUT2D eigenvalue weighted by Gasteiger charge is -2.43. The summed E-state index contributed by atoms with van der Waals surface area (Å²) in [5, 5.41) is 13.5. The first-order valence-corrected chi connectivity index (χ1v) is 23.4. The Morgan fingerprint density at radius 3 is 2.35 bits per heavy atom. The van der Waals surface area contributed by atoms with Gasteiger partial charge in [-0.2, -0.15) is 4.98 Å². The average Bonchev–Trinajstić information content (AvgIpc) is 4.14. The maximum atomic E-state index is 15.3. The van der Waals surface area contributed by atoms with Gasteiger partial charge in [0.1, 0.15) is 35.2 Å². The highest BCUT2D eigenvalue weighted by Gasteiger charge is 2.62. The van der Waals surface area contributed by atoms with E-state index >= 15 is 4.79 Å². The summed E-state index contributed by atoms with van der Waals surface area (Å²) in [6.45, 7) is 12.9. The summed E-state index contributed by atoms with van der Waals surface area (Å²) in [7, 11) is -2.40. The molecule has 3 aromatic rings. The molecule has 2 aromatic carbocycles. The lowest BCUT2D eigenvalue weighted by atomic mass is 9.85. The maximum Gasteiger partial charge on any atom is 0.408 e. The third-order valence-corrected chi connectivity index (χ3v) is 14.2. The molecule has 3 N–H and O–H groups in total. The van der Waals surface area contributed by atoms with Crippen molar-refractivity contribution in [2.45, 2.75) is 134 Å². The lowest BCUT2D eigenvalue weighted by Crippen LogP contribution is -2.62. The first kappa shape index (κ1) is 45.6. The number of fused-ring (bicyclic) bond motifs is 3. The van der Waals surface area contributed by atoms with Crippen molar-refractivity contribution in [1.82, 2.24) is 29.8 Å². The Hall–Kier alpha value is -5.45. The number of sulfonamides is 1. The number of amides is 4. The van der Waals surface area contributed by atoms with Crippen molar-refractivity contribution in [3.05, 3.63) is 54.6 Å². The average molecular weight is 889 g/mol. The van der Waals surface area contributed by atoms with Gasteiger partial charge < -0.3 is 29.5 Å². The van der Waals surface area contributed by atoms with Crippen molar-refractivity contribution in [1.29, 1.82) is 0 Å². The second-order valence-electron chi connectivity index (χ2n) is 18.9. The number of hydrogen-bond acceptors (Lipinski definition) is 11. The zero-order valence-electron chi connectivity index (χ0n) is 37.3. The lowest BCUT2D eigenvalue weighted by molar-refractivity contribution is -0.146. The second kappa shape index (κ2) is 17.6. The molecule has 3 heterocycles. The zero-order valence-corrected chi connectivity index (χ0v) is 38.1. The fourth-order valence-electron chi connectivity index (χ4n) is 9.00. The number of nitrogens with one attached hydrogen (secondary N) is 2. The van der Waals surface area contributed by atoms with Gasteiger partial charge in [0.25, 0.3) is 5.91 Å². The van der Waals surface area contributed by atoms with Gasteiger partial charge in [-0.05, 0) is 121 Å². The van der Waals surface area contributed by atoms with E-state index in [1.807, 2.05) is 57.2 Å². The van der Waals surface area contributed by atoms with Gasteiger partial charge in [-0.3, -0.25) is 24.0 Å². The number of carbonyl (C=O) groups excluding carboxylic acids is 3. The minimum atomic E-state index is -3.95. The van der Waals surface area contributed by atoms with Gasteiger partial charge in [0, 0.05) is 29.5 Å². The third-order valence-electron chi connectivity index (χ3n) is 12.4. The molecule has 4 amide bonds. The molecule has 7 atom stereocenters. The molecule has 3 fully saturated rings. The predicted octanol–water partition coefficient (Wildman–Crippen LogP) is 6.08. The summed E-state index contributed by atoms with van der Waals surface area (Å²) < 4.78 is 46.3. The smallest absolute Gasteiger partial charge is 0.408 e. The Kier molecular flexibility index (Phi) is 12.7. The molecule has 0 unspecified atom stereocenters. The van der Waals surface area contributed by atoms with Gasteiger partial charge in [0.15, 0.2) is 5.82 Å². The summed E-state index contributed by atoms with van der Waals surface area (Å²) >= 11 is 0. The number of rotatable bonds is 10. The minimum Gasteiger partial charge on any atom is -0.497 e. The van der Waals surface area contributed by atoms with Gasteiger partial charge in [-0.1, -0.05) is 26.0 Å². The monoisotopic (exact) mass is 888 g/mol. The van der Waals surface area contributed by atoms with Crippen LogP contribution in [0.5, 0.6) is 17.4 Å². The number of nitrogens with zero attached hydrogens (tertiary/aromatic N) is 4. The highest BCUT2D eigenvalue weighted by Crippen LogP contribution is 2.46. The Labute approximate surface area is 369 Å². The number of aromatic nitrogens is 2. The molecule has 7 rings (SSSR count). The number of methoxy groups -OCH3 is 1. The van der Waals surface area contributed by atoms with Crippen molar-refractivity contribution >= 4 is 44.7 Å². The van der Waals surface area contributed by atoms with Crippen molar-refractivity contribution in [3.63, 3.8) is 0 Å². The molecule has 0 bridgehead atoms. The predicted molar refractivity (Wildman–Crippen MR) is 236 cm³/mol. The van der Waals surface area contributed by atoms with Gasteiger partial charge in [-0.25, -0.2) is 18.2 Å². The fourth-order valence-corrected chi connectivity index (χ4v) is 10.4. The highest BCUT2D eigenvalue weighted by atomic mass is 32.2. The molecule has 2 aliphatic carbocycles. The zero-order chi connectivity index (χ0) is 45.6. The van der Waals surface area contributed by atoms with E-state index < -0.39 is 80.2 Å². The van der Waals surface area contributed by atoms with E-state index in [1.54, 1.807) is 46.1 Å². The van der Waals surface area contributed by atoms with Gasteiger partial charge in [0.05, 0.1) is 35.9 Å². The minimum absolute atomic E-state index is 0.0220. The molecule has 2 aliphatic heterocycles. The fraction of sp³-hybridized carbons (Fsp3) is 0.565. The van der Waals surface area contributed by atoms with Crippen molar-refractivity contribution < 1.29 is 46.9 Å². The largest absolute Gasteiger partial charge is 0.497 e. The Bertz CT molecular complexity index is 2380. The van der Waals surface area contributed by atoms with E-state index in [4.69, 9.17) is 24.2 Å². The maximum absolute atomic E-state index is 15.3.